The number of amides is 1. The summed E-state index contributed by atoms with van der Waals surface area (Å²) in [4.78, 5) is 45.8. The van der Waals surface area contributed by atoms with Crippen LogP contribution in [0.4, 0.5) is 18.9 Å². The molecule has 0 aliphatic rings. The summed E-state index contributed by atoms with van der Waals surface area (Å²) in [5.74, 6) is -6.15. The van der Waals surface area contributed by atoms with E-state index in [1.54, 1.807) is 6.07 Å². The molecule has 0 radical (unpaired) electrons. The molecule has 0 saturated carbocycles. The molecular weight excluding hydrogens is 561 g/mol. The second-order valence-corrected chi connectivity index (χ2v) is 9.61. The van der Waals surface area contributed by atoms with E-state index in [0.717, 1.165) is 12.1 Å². The fraction of sp³-hybridized carbons (Fsp3) is 0.300. The quantitative estimate of drug-likeness (QED) is 0.109. The molecule has 0 saturated heterocycles. The number of nitrogens with zero attached hydrogens (tertiary/aromatic N) is 1. The molecule has 18 heteroatoms. The Kier molecular flexibility index (Phi) is 10.1. The van der Waals surface area contributed by atoms with Crippen molar-refractivity contribution in [2.24, 2.45) is 5.73 Å². The van der Waals surface area contributed by atoms with Crippen molar-refractivity contribution >= 4 is 45.1 Å². The van der Waals surface area contributed by atoms with E-state index in [9.17, 15) is 36.0 Å². The van der Waals surface area contributed by atoms with Gasteiger partial charge in [-0.05, 0) is 30.7 Å². The summed E-state index contributed by atoms with van der Waals surface area (Å²) in [6.45, 7) is 0.883. The first-order chi connectivity index (χ1) is 17.6. The second kappa shape index (κ2) is 12.6. The molecule has 0 fully saturated rings. The molecule has 0 aliphatic carbocycles. The van der Waals surface area contributed by atoms with E-state index >= 15 is 0 Å². The third-order valence-electron chi connectivity index (χ3n) is 4.57. The Morgan fingerprint density at radius 2 is 1.87 bits per heavy atom. The van der Waals surface area contributed by atoms with Crippen molar-refractivity contribution in [3.8, 4) is 0 Å². The van der Waals surface area contributed by atoms with Gasteiger partial charge in [-0.1, -0.05) is 29.8 Å². The van der Waals surface area contributed by atoms with Crippen LogP contribution in [0.2, 0.25) is 5.02 Å². The number of carbonyl (C=O) groups is 2. The summed E-state index contributed by atoms with van der Waals surface area (Å²) < 4.78 is 65.6. The Labute approximate surface area is 218 Å². The molecule has 2 rings (SSSR count). The largest absolute Gasteiger partial charge is 0.493 e. The number of alkyl halides is 3. The van der Waals surface area contributed by atoms with Gasteiger partial charge in [0.25, 0.3) is 0 Å². The fourth-order valence-corrected chi connectivity index (χ4v) is 4.33. The Balaban J connectivity index is 2.35. The Morgan fingerprint density at radius 3 is 2.47 bits per heavy atom. The summed E-state index contributed by atoms with van der Waals surface area (Å²) in [6, 6.07) is 7.78. The predicted octanol–water partition coefficient (Wildman–Crippen LogP) is 0.595. The first kappa shape index (κ1) is 30.4. The molecule has 1 heterocycles. The number of sulfonamides is 1. The minimum absolute atomic E-state index is 0.110. The molecule has 38 heavy (non-hydrogen) atoms. The first-order valence-electron chi connectivity index (χ1n) is 10.4. The molecule has 1 aromatic heterocycles. The highest BCUT2D eigenvalue weighted by Gasteiger charge is 2.43. The average Bonchev–Trinajstić information content (AvgIpc) is 2.81. The number of hydroxylamine groups is 1. The average molecular weight is 583 g/mol. The van der Waals surface area contributed by atoms with E-state index in [4.69, 9.17) is 27.6 Å². The van der Waals surface area contributed by atoms with Gasteiger partial charge in [-0.25, -0.2) is 18.7 Å². The van der Waals surface area contributed by atoms with Gasteiger partial charge in [0, 0.05) is 11.6 Å². The van der Waals surface area contributed by atoms with Gasteiger partial charge < -0.3 is 15.9 Å². The molecule has 0 bridgehead atoms. The van der Waals surface area contributed by atoms with E-state index in [1.807, 2.05) is 10.2 Å². The van der Waals surface area contributed by atoms with Crippen molar-refractivity contribution in [3.63, 3.8) is 0 Å². The number of hydrogen-bond acceptors (Lipinski definition) is 8. The van der Waals surface area contributed by atoms with Crippen LogP contribution < -0.4 is 31.6 Å². The summed E-state index contributed by atoms with van der Waals surface area (Å²) in [7, 11) is -4.31. The lowest BCUT2D eigenvalue weighted by Gasteiger charge is -2.19. The number of rotatable bonds is 11. The third-order valence-corrected chi connectivity index (χ3v) is 6.16. The van der Waals surface area contributed by atoms with Gasteiger partial charge >= 0.3 is 17.7 Å². The van der Waals surface area contributed by atoms with Crippen molar-refractivity contribution in [2.75, 3.05) is 17.9 Å². The molecule has 13 nitrogen and oxygen atoms in total. The molecule has 1 amide bonds. The van der Waals surface area contributed by atoms with Gasteiger partial charge in [-0.2, -0.15) is 13.2 Å². The summed E-state index contributed by atoms with van der Waals surface area (Å²) in [5, 5.41) is 9.40. The van der Waals surface area contributed by atoms with Gasteiger partial charge in [-0.3, -0.25) is 24.6 Å². The summed E-state index contributed by atoms with van der Waals surface area (Å²) in [5.41, 5.74) is 4.46. The molecule has 208 valence electrons. The fourth-order valence-electron chi connectivity index (χ4n) is 2.83. The minimum Gasteiger partial charge on any atom is -0.368 e. The van der Waals surface area contributed by atoms with Crippen LogP contribution in [0.5, 0.6) is 0 Å². The monoisotopic (exact) mass is 582 g/mol. The molecule has 2 aromatic rings. The van der Waals surface area contributed by atoms with Crippen LogP contribution in [0.3, 0.4) is 0 Å². The molecule has 1 atom stereocenters. The van der Waals surface area contributed by atoms with Crippen molar-refractivity contribution in [1.82, 2.24) is 15.5 Å². The van der Waals surface area contributed by atoms with E-state index in [-0.39, 0.29) is 28.5 Å². The number of anilines is 1. The molecule has 1 aromatic carbocycles. The number of nitrogens with two attached hydrogens (primary N) is 1. The van der Waals surface area contributed by atoms with Crippen molar-refractivity contribution < 1.29 is 40.9 Å². The van der Waals surface area contributed by atoms with Crippen LogP contribution in [0.15, 0.2) is 41.2 Å². The number of guanidine groups is 1. The number of hydrogen-bond donors (Lipinski definition) is 5. The highest BCUT2D eigenvalue weighted by Crippen LogP contribution is 2.21. The van der Waals surface area contributed by atoms with E-state index < -0.39 is 62.6 Å². The second-order valence-electron chi connectivity index (χ2n) is 7.48. The highest BCUT2D eigenvalue weighted by atomic mass is 35.5. The summed E-state index contributed by atoms with van der Waals surface area (Å²) in [6.07, 6.45) is -5.51. The standard InChI is InChI=1S/C20H22ClF3N6O7S/c1-11(16(31)27-8-9-36-28-19(25)26)15-7-6-14(17(32)30(15)37-18(33)20(22,23)24)29-38(34,35)10-12-4-2-3-5-13(12)21/h2-7,11,29H,8-10H2,1H3,(H,27,31)(H4,25,26,28). The van der Waals surface area contributed by atoms with Crippen LogP contribution in [0, 0.1) is 5.41 Å². The number of aromatic nitrogens is 1. The Bertz CT molecular complexity index is 1370. The van der Waals surface area contributed by atoms with Crippen molar-refractivity contribution in [3.05, 3.63) is 63.0 Å². The SMILES string of the molecule is CC(C(=O)NCCONC(=N)N)c1ccc(NS(=O)(=O)Cc2ccccc2Cl)c(=O)n1OC(=O)C(F)(F)F. The molecule has 6 N–H and O–H groups in total. The number of carbonyl (C=O) groups excluding carboxylic acids is 2. The van der Waals surface area contributed by atoms with Gasteiger partial charge in [0.2, 0.25) is 21.9 Å². The minimum atomic E-state index is -5.51. The highest BCUT2D eigenvalue weighted by molar-refractivity contribution is 7.91. The number of pyridine rings is 1. The van der Waals surface area contributed by atoms with Crippen LogP contribution >= 0.6 is 11.6 Å². The lowest BCUT2D eigenvalue weighted by molar-refractivity contribution is -0.200. The molecular formula is C20H22ClF3N6O7S. The maximum atomic E-state index is 12.9. The topological polar surface area (TPSA) is 195 Å². The number of benzene rings is 1. The summed E-state index contributed by atoms with van der Waals surface area (Å²) >= 11 is 5.96. The van der Waals surface area contributed by atoms with Gasteiger partial charge in [-0.15, -0.1) is 4.73 Å². The molecule has 0 spiro atoms. The molecule has 0 aliphatic heterocycles. The van der Waals surface area contributed by atoms with E-state index in [0.29, 0.717) is 0 Å². The van der Waals surface area contributed by atoms with Gasteiger partial charge in [0.15, 0.2) is 0 Å². The third kappa shape index (κ3) is 8.63. The van der Waals surface area contributed by atoms with Gasteiger partial charge in [0.05, 0.1) is 24.0 Å². The predicted molar refractivity (Wildman–Crippen MR) is 128 cm³/mol. The van der Waals surface area contributed by atoms with Crippen LogP contribution in [-0.4, -0.2) is 50.3 Å². The smallest absolute Gasteiger partial charge is 0.368 e. The lowest BCUT2D eigenvalue weighted by atomic mass is 10.1. The van der Waals surface area contributed by atoms with Gasteiger partial charge in [0.1, 0.15) is 5.69 Å². The van der Waals surface area contributed by atoms with Crippen LogP contribution in [0.25, 0.3) is 0 Å². The number of halogens is 4. The Morgan fingerprint density at radius 1 is 1.21 bits per heavy atom. The zero-order chi connectivity index (χ0) is 28.7. The van der Waals surface area contributed by atoms with Crippen molar-refractivity contribution in [1.29, 1.82) is 5.41 Å². The maximum Gasteiger partial charge on any atom is 0.493 e. The molecule has 1 unspecified atom stereocenters. The van der Waals surface area contributed by atoms with Crippen LogP contribution in [0.1, 0.15) is 24.1 Å². The van der Waals surface area contributed by atoms with Crippen LogP contribution in [-0.2, 0) is 30.2 Å². The Hall–Kier alpha value is -3.83. The zero-order valence-electron chi connectivity index (χ0n) is 19.5. The maximum absolute atomic E-state index is 12.9. The van der Waals surface area contributed by atoms with E-state index in [1.165, 1.54) is 25.1 Å². The number of nitrogens with one attached hydrogen (secondary N) is 4. The van der Waals surface area contributed by atoms with E-state index in [2.05, 4.69) is 10.2 Å². The first-order valence-corrected chi connectivity index (χ1v) is 12.4. The lowest BCUT2D eigenvalue weighted by Crippen LogP contribution is -2.42. The zero-order valence-corrected chi connectivity index (χ0v) is 21.0. The normalized spacial score (nSPS) is 12.3. The van der Waals surface area contributed by atoms with Crippen molar-refractivity contribution in [2.45, 2.75) is 24.8 Å².